The van der Waals surface area contributed by atoms with Crippen LogP contribution in [0.4, 0.5) is 0 Å². The van der Waals surface area contributed by atoms with Gasteiger partial charge in [0.15, 0.2) is 0 Å². The molecular weight excluding hydrogens is 1900 g/mol. The number of aromatic hydroxyl groups is 7. The van der Waals surface area contributed by atoms with Crippen LogP contribution in [0.1, 0.15) is 427 Å². The molecule has 0 bridgehead atoms. The van der Waals surface area contributed by atoms with Crippen LogP contribution in [0.5, 0.6) is 69.0 Å². The molecule has 5 aliphatic heterocycles. The smallest absolute Gasteiger partial charge is 0.339 e. The molecule has 150 heavy (non-hydrogen) atoms. The van der Waals surface area contributed by atoms with Crippen LogP contribution in [0.3, 0.4) is 0 Å². The highest BCUT2D eigenvalue weighted by Crippen LogP contribution is 2.75. The van der Waals surface area contributed by atoms with E-state index in [1.807, 2.05) is 144 Å². The number of unbranched alkanes of at least 4 members (excludes halogenated alkanes) is 6. The number of aryl methyl sites for hydroxylation is 8. The number of carboxylic acids is 6. The van der Waals surface area contributed by atoms with E-state index < -0.39 is 58.2 Å². The summed E-state index contributed by atoms with van der Waals surface area (Å²) in [5.74, 6) is -3.74. The highest BCUT2D eigenvalue weighted by Gasteiger charge is 2.70. The summed E-state index contributed by atoms with van der Waals surface area (Å²) in [5.41, 5.74) is 15.0. The molecule has 15 rings (SSSR count). The highest BCUT2D eigenvalue weighted by atomic mass is 16.5. The van der Waals surface area contributed by atoms with Crippen LogP contribution in [0.2, 0.25) is 0 Å². The highest BCUT2D eigenvalue weighted by molar-refractivity contribution is 6.01. The van der Waals surface area contributed by atoms with Gasteiger partial charge in [0.1, 0.15) is 130 Å². The minimum atomic E-state index is -1.17. The van der Waals surface area contributed by atoms with Crippen molar-refractivity contribution in [2.24, 2.45) is 17.3 Å². The van der Waals surface area contributed by atoms with E-state index in [1.165, 1.54) is 22.8 Å². The van der Waals surface area contributed by atoms with Crippen LogP contribution in [0.25, 0.3) is 34.4 Å². The fourth-order valence-corrected chi connectivity index (χ4v) is 22.3. The second-order valence-electron chi connectivity index (χ2n) is 44.4. The molecule has 6 atom stereocenters. The first kappa shape index (κ1) is 119. The van der Waals surface area contributed by atoms with E-state index in [9.17, 15) is 95.2 Å². The molecule has 3 unspecified atom stereocenters. The summed E-state index contributed by atoms with van der Waals surface area (Å²) in [6.07, 6.45) is 38.5. The number of phenolic OH excluding ortho intramolecular Hbond substituents is 1. The van der Waals surface area contributed by atoms with Crippen LogP contribution >= 0.6 is 0 Å². The second kappa shape index (κ2) is 50.0. The number of allylic oxidation sites excluding steroid dienone is 8. The summed E-state index contributed by atoms with van der Waals surface area (Å²) >= 11 is 0. The van der Waals surface area contributed by atoms with E-state index in [2.05, 4.69) is 101 Å². The largest absolute Gasteiger partial charge is 0.508 e. The number of phenols is 7. The van der Waals surface area contributed by atoms with Gasteiger partial charge in [-0.1, -0.05) is 207 Å². The van der Waals surface area contributed by atoms with E-state index in [-0.39, 0.29) is 96.1 Å². The van der Waals surface area contributed by atoms with Crippen LogP contribution in [-0.2, 0) is 56.1 Å². The summed E-state index contributed by atoms with van der Waals surface area (Å²) in [5, 5.41) is 132. The molecule has 0 aromatic heterocycles. The van der Waals surface area contributed by atoms with Gasteiger partial charge in [0.2, 0.25) is 0 Å². The number of benzene rings is 8. The van der Waals surface area contributed by atoms with E-state index in [0.29, 0.717) is 135 Å². The molecule has 7 aliphatic rings. The molecule has 2 saturated carbocycles. The van der Waals surface area contributed by atoms with Crippen molar-refractivity contribution in [3.05, 3.63) is 243 Å². The Bertz CT molecular complexity index is 6540. The van der Waals surface area contributed by atoms with E-state index in [0.717, 1.165) is 179 Å². The lowest BCUT2D eigenvalue weighted by atomic mass is 9.45. The predicted octanol–water partition coefficient (Wildman–Crippen LogP) is 30.9. The van der Waals surface area contributed by atoms with Gasteiger partial charge in [0.05, 0.1) is 22.3 Å². The first-order valence-electron chi connectivity index (χ1n) is 53.6. The van der Waals surface area contributed by atoms with Gasteiger partial charge in [-0.15, -0.1) is 0 Å². The molecule has 0 amide bonds. The van der Waals surface area contributed by atoms with Crippen LogP contribution in [-0.4, -0.2) is 119 Å². The summed E-state index contributed by atoms with van der Waals surface area (Å²) in [6, 6.07) is 22.5. The summed E-state index contributed by atoms with van der Waals surface area (Å²) in [4.78, 5) is 70.1. The standard InChI is InChI=1S/C22H30O4.C22H26O4.C22H30O4.C20H22O4.C20H26O4.C20H28O4/c1-5-6-7-8-12-11-14-16(19(23)15(12)20(24)25)18-17-13(21(18,2)3)9-10-22(17,4)26-14;1-5-6-7-8-14-12-17-19(20(23)18(14)21(24)25)15-11-13(2)9-10-16(15)22(3,4)26-17;1-5-6-7-10-16-14-18-17(20(23)19(16)21(24)25)11-13-22(4,26-18)12-8-9-15(2)3;1-5-6-12-10-15-17(18(21)16(12)19(22)23)13-9-11(2)7-8-14(13)20(3,4)24-15;1-5-7-14-12-16-15(18(21)17(14)19(22)23)9-11-20(4,24-16)10-6-8-13(2)3;1-5-7-15-12-17(21)16(19(22)18(15)20(23)24)11-10-14(4)9-6-8-13(2)3/h11,13,17-18,23H,5-10H2,1-4H3,(H,24,25);9-12,23H,5-8H2,1-4H3,(H,24,25);9,11,13-14,23H,5-8,10,12H2,1-4H3,(H,24,25);7-10,21H,5-6H2,1-4H3,(H,22,23);8-9,11-12,21H,5-7,10H2,1-4H3,(H,22,23);8,10,12,21-22H,5-7,9,11H2,1-4H3,(H,23,24)/b;;;;;14-10+/t13?,17-,18-,22-;;;;;/m1...../s1. The molecule has 5 heterocycles. The van der Waals surface area contributed by atoms with Crippen LogP contribution in [0, 0.1) is 31.1 Å². The Morgan fingerprint density at radius 3 is 1.09 bits per heavy atom. The lowest BCUT2D eigenvalue weighted by molar-refractivity contribution is -0.121. The third-order valence-electron chi connectivity index (χ3n) is 30.1. The fourth-order valence-electron chi connectivity index (χ4n) is 22.3. The monoisotopic (exact) mass is 2060 g/mol. The summed E-state index contributed by atoms with van der Waals surface area (Å²) in [7, 11) is 0. The second-order valence-corrected chi connectivity index (χ2v) is 44.4. The zero-order chi connectivity index (χ0) is 111. The maximum atomic E-state index is 11.9. The lowest BCUT2D eigenvalue weighted by Crippen LogP contribution is -2.59. The van der Waals surface area contributed by atoms with E-state index in [1.54, 1.807) is 36.4 Å². The molecule has 8 aromatic carbocycles. The number of rotatable bonds is 35. The Kier molecular flexibility index (Phi) is 39.5. The maximum absolute atomic E-state index is 11.9. The first-order chi connectivity index (χ1) is 70.6. The zero-order valence-electron chi connectivity index (χ0n) is 92.7. The number of carboxylic acid groups (broad SMARTS) is 6. The molecule has 0 radical (unpaired) electrons. The average molecular weight is 2060 g/mol. The molecular formula is C126H162O24. The minimum absolute atomic E-state index is 0.00115. The van der Waals surface area contributed by atoms with Gasteiger partial charge in [-0.3, -0.25) is 0 Å². The SMILES string of the molecule is CCCCCc1cc2c(c(O)c1C(=O)O)-c1cc(C)ccc1C(C)(C)O2.CCCCCc1cc2c(c(O)c1C(=O)O)C=CC(C)(CCC=C(C)C)O2.CCCCCc1cc2c(c(O)c1C(=O)O)[C@@H]1[C@H]3C(CC[C@@]3(C)O2)C1(C)C.CCCc1cc(O)c(C/C=C(\C)CCC=C(C)C)c(O)c1C(=O)O.CCCc1cc2c(c(O)c1C(=O)O)-c1cc(C)ccc1C(C)(C)O2.CCCc1cc2c(c(O)c1C(=O)O)C=CC(C)(CCC=C(C)C)O2. The molecule has 24 nitrogen and oxygen atoms in total. The number of ether oxygens (including phenoxy) is 5. The Balaban J connectivity index is 0.000000184. The fraction of sp³-hybridized carbons (Fsp3) is 0.476. The number of hydrogen-bond donors (Lipinski definition) is 13. The van der Waals surface area contributed by atoms with Gasteiger partial charge in [-0.05, 0) is 343 Å². The van der Waals surface area contributed by atoms with Crippen LogP contribution in [0.15, 0.2) is 132 Å². The van der Waals surface area contributed by atoms with Crippen molar-refractivity contribution in [2.45, 2.75) is 373 Å². The Labute approximate surface area is 886 Å². The molecule has 24 heteroatoms. The molecule has 810 valence electrons. The molecule has 0 saturated heterocycles. The normalized spacial score (nSPS) is 18.5. The predicted molar refractivity (Wildman–Crippen MR) is 593 cm³/mol. The topological polar surface area (TPSA) is 412 Å². The molecule has 0 spiro atoms. The quantitative estimate of drug-likeness (QED) is 0.0130. The third-order valence-corrected chi connectivity index (χ3v) is 30.1. The van der Waals surface area contributed by atoms with Crippen molar-refractivity contribution in [3.63, 3.8) is 0 Å². The third kappa shape index (κ3) is 27.0. The van der Waals surface area contributed by atoms with Gasteiger partial charge in [-0.2, -0.15) is 0 Å². The molecule has 2 aliphatic carbocycles. The van der Waals surface area contributed by atoms with Crippen molar-refractivity contribution in [1.29, 1.82) is 0 Å². The Hall–Kier alpha value is -13.4. The van der Waals surface area contributed by atoms with Crippen molar-refractivity contribution in [1.82, 2.24) is 0 Å². The lowest BCUT2D eigenvalue weighted by Gasteiger charge is -2.62. The average Bonchev–Trinajstić information content (AvgIpc) is 1.48. The maximum Gasteiger partial charge on any atom is 0.339 e. The van der Waals surface area contributed by atoms with Crippen molar-refractivity contribution >= 4 is 48.0 Å². The zero-order valence-corrected chi connectivity index (χ0v) is 92.7. The summed E-state index contributed by atoms with van der Waals surface area (Å²) in [6.45, 7) is 49.2. The van der Waals surface area contributed by atoms with E-state index in [4.69, 9.17) is 23.7 Å². The number of carbonyl (C=O) groups is 6. The number of hydrogen-bond acceptors (Lipinski definition) is 18. The van der Waals surface area contributed by atoms with Gasteiger partial charge < -0.3 is 90.1 Å². The Morgan fingerprint density at radius 1 is 0.373 bits per heavy atom. The Morgan fingerprint density at radius 2 is 0.720 bits per heavy atom. The minimum Gasteiger partial charge on any atom is -0.508 e. The van der Waals surface area contributed by atoms with Crippen molar-refractivity contribution in [3.8, 4) is 91.2 Å². The number of aromatic carboxylic acids is 6. The van der Waals surface area contributed by atoms with Gasteiger partial charge >= 0.3 is 35.8 Å². The molecule has 2 fully saturated rings. The molecule has 13 N–H and O–H groups in total. The van der Waals surface area contributed by atoms with Crippen LogP contribution < -0.4 is 23.7 Å². The van der Waals surface area contributed by atoms with Gasteiger partial charge in [0.25, 0.3) is 0 Å². The van der Waals surface area contributed by atoms with Crippen molar-refractivity contribution < 1.29 is 119 Å². The van der Waals surface area contributed by atoms with E-state index >= 15 is 0 Å². The molecule has 8 aromatic rings. The van der Waals surface area contributed by atoms with Gasteiger partial charge in [0, 0.05) is 34.1 Å². The van der Waals surface area contributed by atoms with Crippen molar-refractivity contribution in [2.75, 3.05) is 0 Å². The summed E-state index contributed by atoms with van der Waals surface area (Å²) < 4.78 is 31.1. The first-order valence-corrected chi connectivity index (χ1v) is 53.6. The number of fused-ring (bicyclic) bond motifs is 10. The van der Waals surface area contributed by atoms with Gasteiger partial charge in [-0.25, -0.2) is 28.8 Å².